The molecule has 4 heteroatoms. The Balaban J connectivity index is 2.47. The lowest BCUT2D eigenvalue weighted by atomic mass is 9.89. The molecule has 0 spiro atoms. The molecule has 2 rings (SSSR count). The maximum absolute atomic E-state index is 13.3. The van der Waals surface area contributed by atoms with Crippen LogP contribution in [0.4, 0.5) is 4.39 Å². The van der Waals surface area contributed by atoms with Crippen LogP contribution in [0.3, 0.4) is 0 Å². The summed E-state index contributed by atoms with van der Waals surface area (Å²) in [4.78, 5) is 0. The summed E-state index contributed by atoms with van der Waals surface area (Å²) in [5.41, 5.74) is 7.00. The average molecular weight is 293 g/mol. The molecule has 15 heavy (non-hydrogen) atoms. The van der Waals surface area contributed by atoms with Crippen LogP contribution in [0.25, 0.3) is 0 Å². The number of nitrogens with two attached hydrogens (primary N) is 1. The van der Waals surface area contributed by atoms with E-state index in [2.05, 4.69) is 15.9 Å². The Morgan fingerprint density at radius 3 is 2.53 bits per heavy atom. The van der Waals surface area contributed by atoms with Gasteiger partial charge < -0.3 is 5.73 Å². The lowest BCUT2D eigenvalue weighted by Crippen LogP contribution is -2.31. The van der Waals surface area contributed by atoms with Crippen LogP contribution in [-0.4, -0.2) is 6.04 Å². The van der Waals surface area contributed by atoms with Crippen molar-refractivity contribution < 1.29 is 4.39 Å². The van der Waals surface area contributed by atoms with Gasteiger partial charge in [-0.2, -0.15) is 0 Å². The largest absolute Gasteiger partial charge is 0.327 e. The Kier molecular flexibility index (Phi) is 2.82. The van der Waals surface area contributed by atoms with E-state index in [1.54, 1.807) is 12.1 Å². The highest BCUT2D eigenvalue weighted by molar-refractivity contribution is 9.10. The molecule has 1 aromatic rings. The molecule has 0 amide bonds. The standard InChI is InChI=1S/C11H12BrClFN/c1-6(15)11(2-3-11)7-4-8(12)10(14)9(13)5-7/h4-6H,2-3,15H2,1H3. The normalized spacial score (nSPS) is 20.1. The fourth-order valence-electron chi connectivity index (χ4n) is 1.98. The number of hydrogen-bond acceptors (Lipinski definition) is 1. The highest BCUT2D eigenvalue weighted by atomic mass is 79.9. The SMILES string of the molecule is CC(N)C1(c2cc(Cl)c(F)c(Br)c2)CC1. The molecular formula is C11H12BrClFN. The van der Waals surface area contributed by atoms with Crippen molar-refractivity contribution in [2.45, 2.75) is 31.2 Å². The van der Waals surface area contributed by atoms with Gasteiger partial charge in [-0.05, 0) is 53.4 Å². The van der Waals surface area contributed by atoms with Gasteiger partial charge in [-0.1, -0.05) is 11.6 Å². The van der Waals surface area contributed by atoms with Crippen LogP contribution in [0.5, 0.6) is 0 Å². The molecule has 82 valence electrons. The van der Waals surface area contributed by atoms with Crippen molar-refractivity contribution >= 4 is 27.5 Å². The van der Waals surface area contributed by atoms with Crippen LogP contribution in [0.15, 0.2) is 16.6 Å². The zero-order valence-electron chi connectivity index (χ0n) is 8.36. The Morgan fingerprint density at radius 1 is 1.53 bits per heavy atom. The van der Waals surface area contributed by atoms with Gasteiger partial charge in [0, 0.05) is 11.5 Å². The molecule has 0 saturated heterocycles. The first-order chi connectivity index (χ1) is 6.97. The van der Waals surface area contributed by atoms with Crippen LogP contribution in [0.2, 0.25) is 5.02 Å². The van der Waals surface area contributed by atoms with Crippen molar-refractivity contribution in [1.82, 2.24) is 0 Å². The summed E-state index contributed by atoms with van der Waals surface area (Å²) >= 11 is 8.98. The lowest BCUT2D eigenvalue weighted by Gasteiger charge is -2.20. The minimum atomic E-state index is -0.402. The quantitative estimate of drug-likeness (QED) is 0.828. The molecule has 1 unspecified atom stereocenters. The molecule has 1 aliphatic rings. The van der Waals surface area contributed by atoms with Gasteiger partial charge in [0.1, 0.15) is 0 Å². The van der Waals surface area contributed by atoms with E-state index in [9.17, 15) is 4.39 Å². The van der Waals surface area contributed by atoms with Crippen LogP contribution in [0, 0.1) is 5.82 Å². The lowest BCUT2D eigenvalue weighted by molar-refractivity contribution is 0.552. The molecule has 0 radical (unpaired) electrons. The highest BCUT2D eigenvalue weighted by Crippen LogP contribution is 2.51. The Labute approximate surface area is 102 Å². The second-order valence-corrected chi connectivity index (χ2v) is 5.46. The number of benzene rings is 1. The van der Waals surface area contributed by atoms with Gasteiger partial charge in [0.2, 0.25) is 0 Å². The molecule has 1 atom stereocenters. The molecule has 2 N–H and O–H groups in total. The van der Waals surface area contributed by atoms with Gasteiger partial charge in [-0.25, -0.2) is 4.39 Å². The third-order valence-corrected chi connectivity index (χ3v) is 4.07. The summed E-state index contributed by atoms with van der Waals surface area (Å²) < 4.78 is 13.7. The number of hydrogen-bond donors (Lipinski definition) is 1. The fourth-order valence-corrected chi connectivity index (χ4v) is 2.78. The van der Waals surface area contributed by atoms with Crippen LogP contribution < -0.4 is 5.73 Å². The minimum absolute atomic E-state index is 0.0138. The molecule has 1 saturated carbocycles. The van der Waals surface area contributed by atoms with Crippen molar-refractivity contribution in [2.24, 2.45) is 5.73 Å². The molecular weight excluding hydrogens is 280 g/mol. The van der Waals surface area contributed by atoms with E-state index in [1.165, 1.54) is 0 Å². The Morgan fingerprint density at radius 2 is 2.13 bits per heavy atom. The van der Waals surface area contributed by atoms with Gasteiger partial charge >= 0.3 is 0 Å². The van der Waals surface area contributed by atoms with Crippen molar-refractivity contribution in [3.05, 3.63) is 33.0 Å². The van der Waals surface area contributed by atoms with Crippen molar-refractivity contribution in [3.63, 3.8) is 0 Å². The van der Waals surface area contributed by atoms with E-state index in [4.69, 9.17) is 17.3 Å². The van der Waals surface area contributed by atoms with E-state index >= 15 is 0 Å². The molecule has 1 fully saturated rings. The van der Waals surface area contributed by atoms with E-state index in [0.29, 0.717) is 4.47 Å². The molecule has 1 nitrogen and oxygen atoms in total. The molecule has 1 aliphatic carbocycles. The Bertz CT molecular complexity index is 379. The first-order valence-corrected chi connectivity index (χ1v) is 6.05. The summed E-state index contributed by atoms with van der Waals surface area (Å²) in [5.74, 6) is -0.402. The smallest absolute Gasteiger partial charge is 0.155 e. The van der Waals surface area contributed by atoms with Crippen molar-refractivity contribution in [1.29, 1.82) is 0 Å². The number of halogens is 3. The van der Waals surface area contributed by atoms with E-state index < -0.39 is 5.82 Å². The van der Waals surface area contributed by atoms with Crippen LogP contribution >= 0.6 is 27.5 Å². The van der Waals surface area contributed by atoms with E-state index in [1.807, 2.05) is 6.92 Å². The van der Waals surface area contributed by atoms with Crippen molar-refractivity contribution in [2.75, 3.05) is 0 Å². The summed E-state index contributed by atoms with van der Waals surface area (Å²) in [6, 6.07) is 3.56. The molecule has 1 aromatic carbocycles. The predicted molar refractivity (Wildman–Crippen MR) is 63.7 cm³/mol. The highest BCUT2D eigenvalue weighted by Gasteiger charge is 2.47. The van der Waals surface area contributed by atoms with Gasteiger partial charge in [-0.3, -0.25) is 0 Å². The molecule has 0 bridgehead atoms. The van der Waals surface area contributed by atoms with Crippen LogP contribution in [0.1, 0.15) is 25.3 Å². The summed E-state index contributed by atoms with van der Waals surface area (Å²) in [6.07, 6.45) is 2.11. The van der Waals surface area contributed by atoms with Gasteiger partial charge in [-0.15, -0.1) is 0 Å². The van der Waals surface area contributed by atoms with Gasteiger partial charge in [0.25, 0.3) is 0 Å². The third-order valence-electron chi connectivity index (χ3n) is 3.22. The Hall–Kier alpha value is -0.120. The van der Waals surface area contributed by atoms with Gasteiger partial charge in [0.05, 0.1) is 9.50 Å². The molecule has 0 heterocycles. The summed E-state index contributed by atoms with van der Waals surface area (Å²) in [7, 11) is 0. The average Bonchev–Trinajstić information content (AvgIpc) is 2.93. The second-order valence-electron chi connectivity index (χ2n) is 4.20. The zero-order chi connectivity index (χ0) is 11.2. The summed E-state index contributed by atoms with van der Waals surface area (Å²) in [5, 5.41) is 0.159. The number of rotatable bonds is 2. The maximum atomic E-state index is 13.3. The first kappa shape index (κ1) is 11.4. The topological polar surface area (TPSA) is 26.0 Å². The monoisotopic (exact) mass is 291 g/mol. The molecule has 0 aliphatic heterocycles. The third kappa shape index (κ3) is 1.81. The zero-order valence-corrected chi connectivity index (χ0v) is 10.7. The second kappa shape index (κ2) is 3.72. The minimum Gasteiger partial charge on any atom is -0.327 e. The molecule has 0 aromatic heterocycles. The van der Waals surface area contributed by atoms with Crippen molar-refractivity contribution in [3.8, 4) is 0 Å². The van der Waals surface area contributed by atoms with E-state index in [-0.39, 0.29) is 16.5 Å². The van der Waals surface area contributed by atoms with Gasteiger partial charge in [0.15, 0.2) is 5.82 Å². The predicted octanol–water partition coefficient (Wildman–Crippen LogP) is 3.62. The summed E-state index contributed by atoms with van der Waals surface area (Å²) in [6.45, 7) is 1.98. The first-order valence-electron chi connectivity index (χ1n) is 4.88. The van der Waals surface area contributed by atoms with E-state index in [0.717, 1.165) is 18.4 Å². The maximum Gasteiger partial charge on any atom is 0.155 e. The fraction of sp³-hybridized carbons (Fsp3) is 0.455. The van der Waals surface area contributed by atoms with Crippen LogP contribution in [-0.2, 0) is 5.41 Å².